The molecule has 1 aliphatic heterocycles. The lowest BCUT2D eigenvalue weighted by molar-refractivity contribution is -0.142. The van der Waals surface area contributed by atoms with Crippen LogP contribution in [0.3, 0.4) is 0 Å². The lowest BCUT2D eigenvalue weighted by atomic mass is 9.84. The summed E-state index contributed by atoms with van der Waals surface area (Å²) in [6, 6.07) is 5.94. The Balaban J connectivity index is 3.05. The molecule has 234 valence electrons. The Morgan fingerprint density at radius 2 is 1.43 bits per heavy atom. The summed E-state index contributed by atoms with van der Waals surface area (Å²) in [5.41, 5.74) is 0.735. The van der Waals surface area contributed by atoms with Crippen molar-refractivity contribution in [2.75, 3.05) is 39.3 Å². The van der Waals surface area contributed by atoms with Gasteiger partial charge in [0.15, 0.2) is 0 Å². The molecule has 0 aliphatic carbocycles. The van der Waals surface area contributed by atoms with E-state index in [1.807, 2.05) is 0 Å². The summed E-state index contributed by atoms with van der Waals surface area (Å²) >= 11 is 0. The van der Waals surface area contributed by atoms with Gasteiger partial charge in [0.2, 0.25) is 0 Å². The lowest BCUT2D eigenvalue weighted by Crippen LogP contribution is -2.37. The molecule has 1 heterocycles. The summed E-state index contributed by atoms with van der Waals surface area (Å²) in [5, 5.41) is 57.9. The maximum atomic E-state index is 12.2. The van der Waals surface area contributed by atoms with Crippen LogP contribution in [0.4, 0.5) is 4.79 Å². The van der Waals surface area contributed by atoms with Crippen LogP contribution in [0.5, 0.6) is 0 Å². The van der Waals surface area contributed by atoms with Gasteiger partial charge in [-0.15, -0.1) is 0 Å². The SMILES string of the molecule is C=CC1=C(c2ccccc2C(=O)O)C(=C/C)/C(=C(\CO)CN(CC(=O)O)CC(=O)O)O/C1=C(/C=C)CN(CC(=O)O)C(=O)O. The van der Waals surface area contributed by atoms with Crippen molar-refractivity contribution in [3.8, 4) is 0 Å². The quantitative estimate of drug-likeness (QED) is 0.168. The predicted octanol–water partition coefficient (Wildman–Crippen LogP) is 2.52. The fourth-order valence-corrected chi connectivity index (χ4v) is 4.54. The number of nitrogens with zero attached hydrogens (tertiary/aromatic N) is 2. The van der Waals surface area contributed by atoms with Gasteiger partial charge in [-0.3, -0.25) is 24.2 Å². The number of hydrogen-bond acceptors (Lipinski definition) is 8. The maximum absolute atomic E-state index is 12.2. The van der Waals surface area contributed by atoms with E-state index in [1.165, 1.54) is 30.4 Å². The fraction of sp³-hybridized carbons (Fsp3) is 0.233. The molecule has 0 radical (unpaired) electrons. The van der Waals surface area contributed by atoms with E-state index in [4.69, 9.17) is 4.74 Å². The zero-order valence-corrected chi connectivity index (χ0v) is 23.7. The van der Waals surface area contributed by atoms with Crippen LogP contribution in [0.2, 0.25) is 0 Å². The third-order valence-electron chi connectivity index (χ3n) is 6.29. The molecule has 0 saturated heterocycles. The second-order valence-electron chi connectivity index (χ2n) is 9.26. The Bertz CT molecular complexity index is 1480. The van der Waals surface area contributed by atoms with Crippen molar-refractivity contribution in [1.29, 1.82) is 0 Å². The Hall–Kier alpha value is -5.47. The smallest absolute Gasteiger partial charge is 0.408 e. The number of ether oxygens (including phenoxy) is 1. The van der Waals surface area contributed by atoms with E-state index < -0.39 is 69.3 Å². The topological polar surface area (TPSA) is 222 Å². The molecule has 1 aromatic rings. The van der Waals surface area contributed by atoms with Crippen molar-refractivity contribution < 1.29 is 59.3 Å². The number of allylic oxidation sites excluding steroid dienone is 3. The van der Waals surface area contributed by atoms with Crippen molar-refractivity contribution in [1.82, 2.24) is 9.80 Å². The van der Waals surface area contributed by atoms with Crippen molar-refractivity contribution >= 4 is 35.5 Å². The van der Waals surface area contributed by atoms with Crippen molar-refractivity contribution in [3.05, 3.63) is 101 Å². The summed E-state index contributed by atoms with van der Waals surface area (Å²) in [6.07, 6.45) is 2.52. The Labute approximate surface area is 251 Å². The van der Waals surface area contributed by atoms with Gasteiger partial charge in [-0.1, -0.05) is 49.6 Å². The minimum atomic E-state index is -1.57. The van der Waals surface area contributed by atoms with Crippen LogP contribution in [0, 0.1) is 0 Å². The fourth-order valence-electron chi connectivity index (χ4n) is 4.54. The van der Waals surface area contributed by atoms with Crippen LogP contribution >= 0.6 is 0 Å². The van der Waals surface area contributed by atoms with Crippen LogP contribution in [0.25, 0.3) is 5.57 Å². The first-order chi connectivity index (χ1) is 20.8. The minimum Gasteiger partial charge on any atom is -0.480 e. The third kappa shape index (κ3) is 8.53. The van der Waals surface area contributed by atoms with Gasteiger partial charge in [0.05, 0.1) is 31.8 Å². The highest BCUT2D eigenvalue weighted by atomic mass is 16.5. The van der Waals surface area contributed by atoms with Gasteiger partial charge in [0.25, 0.3) is 0 Å². The van der Waals surface area contributed by atoms with Gasteiger partial charge in [-0.25, -0.2) is 9.59 Å². The summed E-state index contributed by atoms with van der Waals surface area (Å²) in [6.45, 7) is 5.11. The Kier molecular flexibility index (Phi) is 12.4. The second-order valence-corrected chi connectivity index (χ2v) is 9.26. The molecule has 2 rings (SSSR count). The van der Waals surface area contributed by atoms with Crippen LogP contribution in [-0.4, -0.2) is 110 Å². The average Bonchev–Trinajstić information content (AvgIpc) is 2.95. The van der Waals surface area contributed by atoms with Crippen LogP contribution in [0.1, 0.15) is 22.8 Å². The zero-order valence-electron chi connectivity index (χ0n) is 23.7. The van der Waals surface area contributed by atoms with E-state index >= 15 is 0 Å². The van der Waals surface area contributed by atoms with Gasteiger partial charge in [-0.2, -0.15) is 0 Å². The largest absolute Gasteiger partial charge is 0.480 e. The van der Waals surface area contributed by atoms with Gasteiger partial charge in [-0.05, 0) is 18.6 Å². The molecular formula is C30H32N2O12. The molecule has 0 spiro atoms. The summed E-state index contributed by atoms with van der Waals surface area (Å²) in [5.74, 6) is -5.58. The molecule has 14 nitrogen and oxygen atoms in total. The van der Waals surface area contributed by atoms with E-state index in [-0.39, 0.29) is 50.5 Å². The van der Waals surface area contributed by atoms with Gasteiger partial charge in [0, 0.05) is 34.4 Å². The van der Waals surface area contributed by atoms with E-state index in [0.29, 0.717) is 4.90 Å². The molecule has 0 unspecified atom stereocenters. The predicted molar refractivity (Wildman–Crippen MR) is 156 cm³/mol. The van der Waals surface area contributed by atoms with E-state index in [1.54, 1.807) is 19.1 Å². The number of amides is 1. The standard InChI is InChI=1S/C30H32N2O12/c1-4-17(12-32(30(42)43)15-25(38)39)27-19(5-2)26(21-9-7-8-10-22(21)29(40)41)20(6-3)28(44-27)18(16-33)11-31(13-23(34)35)14-24(36)37/h4-10,33H,1-2,11-16H2,3H3,(H,34,35)(H,36,37)(H,38,39)(H,40,41)(H,42,43)/b20-6-,27-17-,28-18+. The van der Waals surface area contributed by atoms with Crippen molar-refractivity contribution in [3.63, 3.8) is 0 Å². The van der Waals surface area contributed by atoms with Gasteiger partial charge < -0.3 is 35.4 Å². The molecule has 0 aromatic heterocycles. The number of rotatable bonds is 15. The number of benzene rings is 1. The zero-order chi connectivity index (χ0) is 33.1. The summed E-state index contributed by atoms with van der Waals surface area (Å²) < 4.78 is 6.24. The van der Waals surface area contributed by atoms with Crippen molar-refractivity contribution in [2.45, 2.75) is 6.92 Å². The number of carboxylic acids is 4. The summed E-state index contributed by atoms with van der Waals surface area (Å²) in [7, 11) is 0. The minimum absolute atomic E-state index is 0.00978. The Morgan fingerprint density at radius 1 is 0.841 bits per heavy atom. The molecular weight excluding hydrogens is 580 g/mol. The number of carbonyl (C=O) groups is 5. The molecule has 1 aromatic carbocycles. The number of carboxylic acid groups (broad SMARTS) is 5. The second kappa shape index (κ2) is 15.7. The summed E-state index contributed by atoms with van der Waals surface area (Å²) in [4.78, 5) is 59.9. The van der Waals surface area contributed by atoms with Gasteiger partial charge in [0.1, 0.15) is 18.1 Å². The van der Waals surface area contributed by atoms with Gasteiger partial charge >= 0.3 is 30.0 Å². The molecule has 1 aliphatic rings. The van der Waals surface area contributed by atoms with Crippen LogP contribution in [0.15, 0.2) is 89.5 Å². The van der Waals surface area contributed by atoms with Crippen LogP contribution < -0.4 is 0 Å². The highest BCUT2D eigenvalue weighted by Crippen LogP contribution is 2.45. The lowest BCUT2D eigenvalue weighted by Gasteiger charge is -2.32. The van der Waals surface area contributed by atoms with E-state index in [9.17, 15) is 54.6 Å². The first-order valence-electron chi connectivity index (χ1n) is 12.9. The molecule has 0 atom stereocenters. The first kappa shape index (κ1) is 34.7. The monoisotopic (exact) mass is 612 g/mol. The number of aliphatic carboxylic acids is 3. The molecule has 44 heavy (non-hydrogen) atoms. The van der Waals surface area contributed by atoms with E-state index in [0.717, 1.165) is 4.90 Å². The molecule has 1 amide bonds. The normalized spacial score (nSPS) is 16.2. The van der Waals surface area contributed by atoms with Crippen LogP contribution in [-0.2, 0) is 19.1 Å². The van der Waals surface area contributed by atoms with E-state index in [2.05, 4.69) is 13.2 Å². The number of hydrogen-bond donors (Lipinski definition) is 6. The highest BCUT2D eigenvalue weighted by Gasteiger charge is 2.33. The maximum Gasteiger partial charge on any atom is 0.408 e. The van der Waals surface area contributed by atoms with Crippen molar-refractivity contribution in [2.24, 2.45) is 0 Å². The number of aliphatic hydroxyl groups is 1. The Morgan fingerprint density at radius 3 is 1.89 bits per heavy atom. The average molecular weight is 613 g/mol. The molecule has 0 bridgehead atoms. The number of aromatic carboxylic acids is 1. The number of aliphatic hydroxyl groups excluding tert-OH is 1. The molecule has 6 N–H and O–H groups in total. The third-order valence-corrected chi connectivity index (χ3v) is 6.29. The highest BCUT2D eigenvalue weighted by molar-refractivity contribution is 6.00. The first-order valence-corrected chi connectivity index (χ1v) is 12.9. The molecule has 14 heteroatoms. The molecule has 0 fully saturated rings. The molecule has 0 saturated carbocycles.